The Bertz CT molecular complexity index is 1390. The predicted octanol–water partition coefficient (Wildman–Crippen LogP) is 7.67. The van der Waals surface area contributed by atoms with E-state index in [-0.39, 0.29) is 0 Å². The minimum Gasteiger partial charge on any atom is -0.488 e. The van der Waals surface area contributed by atoms with E-state index in [9.17, 15) is 13.2 Å². The molecule has 0 unspecified atom stereocenters. The fourth-order valence-corrected chi connectivity index (χ4v) is 4.82. The van der Waals surface area contributed by atoms with Crippen LogP contribution in [0.2, 0.25) is 0 Å². The number of hydrogen-bond acceptors (Lipinski definition) is 3. The molecule has 0 saturated heterocycles. The van der Waals surface area contributed by atoms with Gasteiger partial charge in [-0.3, -0.25) is 0 Å². The molecule has 2 heterocycles. The zero-order valence-corrected chi connectivity index (χ0v) is 18.9. The highest BCUT2D eigenvalue weighted by Gasteiger charge is 2.30. The third-order valence-corrected chi connectivity index (χ3v) is 6.75. The second kappa shape index (κ2) is 9.35. The number of benzene rings is 3. The highest BCUT2D eigenvalue weighted by atomic mass is 32.1. The standard InChI is InChI=1S/C27H21F3N2OS/c28-27(29,30)21-9-7-19(8-10-21)26-32-24(12-6-18-4-2-1-3-5-18)25(34-26)17-33-22-11-13-23-20(16-22)14-15-31-23/h1-5,7-11,13-16,31H,6,12,17H2. The molecule has 2 aromatic heterocycles. The highest BCUT2D eigenvalue weighted by molar-refractivity contribution is 7.15. The predicted molar refractivity (Wildman–Crippen MR) is 129 cm³/mol. The number of ether oxygens (including phenoxy) is 1. The van der Waals surface area contributed by atoms with Crippen LogP contribution in [-0.4, -0.2) is 9.97 Å². The van der Waals surface area contributed by atoms with Crippen LogP contribution in [0.5, 0.6) is 5.75 Å². The molecule has 0 aliphatic heterocycles. The maximum Gasteiger partial charge on any atom is 0.416 e. The lowest BCUT2D eigenvalue weighted by atomic mass is 10.1. The van der Waals surface area contributed by atoms with Crippen molar-refractivity contribution < 1.29 is 17.9 Å². The van der Waals surface area contributed by atoms with Gasteiger partial charge in [0.25, 0.3) is 0 Å². The van der Waals surface area contributed by atoms with Crippen LogP contribution in [0.15, 0.2) is 85.1 Å². The fourth-order valence-electron chi connectivity index (χ4n) is 3.79. The molecular formula is C27H21F3N2OS. The van der Waals surface area contributed by atoms with Crippen LogP contribution in [0.3, 0.4) is 0 Å². The van der Waals surface area contributed by atoms with Gasteiger partial charge in [0, 0.05) is 22.7 Å². The Balaban J connectivity index is 1.39. The maximum atomic E-state index is 13.0. The molecule has 0 fully saturated rings. The van der Waals surface area contributed by atoms with Crippen molar-refractivity contribution in [2.24, 2.45) is 0 Å². The summed E-state index contributed by atoms with van der Waals surface area (Å²) >= 11 is 1.46. The van der Waals surface area contributed by atoms with Gasteiger partial charge in [0.05, 0.1) is 16.1 Å². The summed E-state index contributed by atoms with van der Waals surface area (Å²) in [6.45, 7) is 0.346. The number of aromatic nitrogens is 2. The summed E-state index contributed by atoms with van der Waals surface area (Å²) in [6, 6.07) is 23.2. The quantitative estimate of drug-likeness (QED) is 0.261. The Hall–Kier alpha value is -3.58. The number of nitrogens with one attached hydrogen (secondary N) is 1. The second-order valence-electron chi connectivity index (χ2n) is 7.96. The fraction of sp³-hybridized carbons (Fsp3) is 0.148. The third-order valence-electron chi connectivity index (χ3n) is 5.63. The van der Waals surface area contributed by atoms with E-state index in [2.05, 4.69) is 17.1 Å². The van der Waals surface area contributed by atoms with Gasteiger partial charge in [-0.05, 0) is 54.8 Å². The first-order chi connectivity index (χ1) is 16.5. The summed E-state index contributed by atoms with van der Waals surface area (Å²) in [5.41, 5.74) is 3.15. The molecule has 5 rings (SSSR count). The Morgan fingerprint density at radius 3 is 2.44 bits per heavy atom. The topological polar surface area (TPSA) is 37.9 Å². The molecule has 34 heavy (non-hydrogen) atoms. The number of halogens is 3. The van der Waals surface area contributed by atoms with Crippen LogP contribution in [0.25, 0.3) is 21.5 Å². The van der Waals surface area contributed by atoms with E-state index in [0.29, 0.717) is 17.2 Å². The molecule has 0 aliphatic rings. The van der Waals surface area contributed by atoms with Crippen LogP contribution in [-0.2, 0) is 25.6 Å². The van der Waals surface area contributed by atoms with E-state index in [1.807, 2.05) is 48.7 Å². The van der Waals surface area contributed by atoms with Crippen molar-refractivity contribution in [2.75, 3.05) is 0 Å². The largest absolute Gasteiger partial charge is 0.488 e. The van der Waals surface area contributed by atoms with Crippen LogP contribution >= 0.6 is 11.3 Å². The number of alkyl halides is 3. The first-order valence-electron chi connectivity index (χ1n) is 10.9. The van der Waals surface area contributed by atoms with Gasteiger partial charge < -0.3 is 9.72 Å². The number of nitrogens with zero attached hydrogens (tertiary/aromatic N) is 1. The zero-order valence-electron chi connectivity index (χ0n) is 18.1. The van der Waals surface area contributed by atoms with E-state index < -0.39 is 11.7 Å². The molecule has 3 nitrogen and oxygen atoms in total. The highest BCUT2D eigenvalue weighted by Crippen LogP contribution is 2.34. The SMILES string of the molecule is FC(F)(F)c1ccc(-c2nc(CCc3ccccc3)c(COc3ccc4[nH]ccc4c3)s2)cc1. The summed E-state index contributed by atoms with van der Waals surface area (Å²) < 4.78 is 45.0. The van der Waals surface area contributed by atoms with Crippen molar-refractivity contribution in [1.82, 2.24) is 9.97 Å². The minimum atomic E-state index is -4.36. The molecule has 3 aromatic carbocycles. The summed E-state index contributed by atoms with van der Waals surface area (Å²) in [6.07, 6.45) is -0.937. The summed E-state index contributed by atoms with van der Waals surface area (Å²) in [4.78, 5) is 8.93. The molecule has 0 amide bonds. The van der Waals surface area contributed by atoms with Crippen molar-refractivity contribution in [1.29, 1.82) is 0 Å². The third kappa shape index (κ3) is 4.99. The molecule has 5 aromatic rings. The molecule has 0 saturated carbocycles. The van der Waals surface area contributed by atoms with Crippen molar-refractivity contribution in [3.05, 3.63) is 107 Å². The Morgan fingerprint density at radius 2 is 1.68 bits per heavy atom. The second-order valence-corrected chi connectivity index (χ2v) is 9.05. The van der Waals surface area contributed by atoms with E-state index >= 15 is 0 Å². The number of fused-ring (bicyclic) bond motifs is 1. The van der Waals surface area contributed by atoms with Crippen molar-refractivity contribution >= 4 is 22.2 Å². The van der Waals surface area contributed by atoms with Gasteiger partial charge in [0.1, 0.15) is 17.4 Å². The number of aromatic amines is 1. The number of hydrogen-bond donors (Lipinski definition) is 1. The number of thiazole rings is 1. The molecule has 0 atom stereocenters. The Kier molecular flexibility index (Phi) is 6.11. The van der Waals surface area contributed by atoms with E-state index in [1.54, 1.807) is 0 Å². The normalized spacial score (nSPS) is 11.7. The van der Waals surface area contributed by atoms with Crippen molar-refractivity contribution in [2.45, 2.75) is 25.6 Å². The maximum absolute atomic E-state index is 13.0. The Morgan fingerprint density at radius 1 is 0.882 bits per heavy atom. The number of aryl methyl sites for hydroxylation is 2. The molecule has 0 spiro atoms. The Labute approximate surface area is 198 Å². The molecule has 7 heteroatoms. The average molecular weight is 479 g/mol. The van der Waals surface area contributed by atoms with Gasteiger partial charge in [0.15, 0.2) is 0 Å². The van der Waals surface area contributed by atoms with Crippen LogP contribution < -0.4 is 4.74 Å². The molecule has 1 N–H and O–H groups in total. The van der Waals surface area contributed by atoms with Gasteiger partial charge in [-0.15, -0.1) is 11.3 Å². The van der Waals surface area contributed by atoms with Crippen molar-refractivity contribution in [3.63, 3.8) is 0 Å². The lowest BCUT2D eigenvalue weighted by Gasteiger charge is -2.07. The molecular weight excluding hydrogens is 457 g/mol. The lowest BCUT2D eigenvalue weighted by molar-refractivity contribution is -0.137. The molecule has 0 radical (unpaired) electrons. The van der Waals surface area contributed by atoms with Gasteiger partial charge in [-0.2, -0.15) is 13.2 Å². The summed E-state index contributed by atoms with van der Waals surface area (Å²) in [5.74, 6) is 0.755. The van der Waals surface area contributed by atoms with Crippen LogP contribution in [0.4, 0.5) is 13.2 Å². The van der Waals surface area contributed by atoms with Crippen molar-refractivity contribution in [3.8, 4) is 16.3 Å². The molecule has 0 bridgehead atoms. The van der Waals surface area contributed by atoms with Gasteiger partial charge in [-0.1, -0.05) is 42.5 Å². The van der Waals surface area contributed by atoms with E-state index in [1.165, 1.54) is 29.0 Å². The summed E-state index contributed by atoms with van der Waals surface area (Å²) in [5, 5.41) is 1.76. The number of H-pyrrole nitrogens is 1. The first kappa shape index (κ1) is 22.2. The zero-order chi connectivity index (χ0) is 23.5. The van der Waals surface area contributed by atoms with E-state index in [4.69, 9.17) is 9.72 Å². The smallest absolute Gasteiger partial charge is 0.416 e. The minimum absolute atomic E-state index is 0.346. The summed E-state index contributed by atoms with van der Waals surface area (Å²) in [7, 11) is 0. The van der Waals surface area contributed by atoms with Crippen LogP contribution in [0.1, 0.15) is 21.7 Å². The first-order valence-corrected chi connectivity index (χ1v) is 11.7. The molecule has 172 valence electrons. The lowest BCUT2D eigenvalue weighted by Crippen LogP contribution is -2.03. The monoisotopic (exact) mass is 478 g/mol. The molecule has 0 aliphatic carbocycles. The number of rotatable bonds is 7. The van der Waals surface area contributed by atoms with Gasteiger partial charge in [-0.25, -0.2) is 4.98 Å². The van der Waals surface area contributed by atoms with Gasteiger partial charge in [0.2, 0.25) is 0 Å². The van der Waals surface area contributed by atoms with Crippen LogP contribution in [0, 0.1) is 0 Å². The average Bonchev–Trinajstić information content (AvgIpc) is 3.48. The van der Waals surface area contributed by atoms with E-state index in [0.717, 1.165) is 52.2 Å². The van der Waals surface area contributed by atoms with Gasteiger partial charge >= 0.3 is 6.18 Å².